The van der Waals surface area contributed by atoms with Crippen molar-refractivity contribution in [3.63, 3.8) is 0 Å². The Balaban J connectivity index is 0. The molecule has 10 N–H and O–H groups in total. The monoisotopic (exact) mass is 649 g/mol. The summed E-state index contributed by atoms with van der Waals surface area (Å²) in [5.74, 6) is 0. The van der Waals surface area contributed by atoms with E-state index in [9.17, 15) is 0 Å². The Hall–Kier alpha value is -1.35. The van der Waals surface area contributed by atoms with Gasteiger partial charge in [0, 0.05) is 11.1 Å². The second kappa shape index (κ2) is 24.3. The molecule has 4 aromatic rings. The van der Waals surface area contributed by atoms with E-state index in [0.717, 1.165) is 13.1 Å². The van der Waals surface area contributed by atoms with Crippen molar-refractivity contribution < 1.29 is 88.6 Å². The molecule has 0 unspecified atom stereocenters. The van der Waals surface area contributed by atoms with E-state index in [2.05, 4.69) is 112 Å². The van der Waals surface area contributed by atoms with Crippen LogP contribution in [-0.4, -0.2) is 52.4 Å². The zero-order valence-corrected chi connectivity index (χ0v) is 26.7. The molecule has 4 aromatic carbocycles. The van der Waals surface area contributed by atoms with Gasteiger partial charge in [-0.25, -0.2) is 0 Å². The van der Waals surface area contributed by atoms with Gasteiger partial charge in [-0.15, -0.1) is 0 Å². The van der Waals surface area contributed by atoms with Gasteiger partial charge in [-0.05, 0) is 21.5 Å². The number of nitrogens with two attached hydrogens (primary N) is 5. The van der Waals surface area contributed by atoms with Crippen molar-refractivity contribution in [3.05, 3.63) is 96.1 Å². The lowest BCUT2D eigenvalue weighted by Crippen LogP contribution is -3.01. The van der Waals surface area contributed by atoms with Gasteiger partial charge >= 0.3 is 0 Å². The Kier molecular flexibility index (Phi) is 24.7. The highest BCUT2D eigenvalue weighted by molar-refractivity contribution is 5.86. The SMILES string of the molecule is [Cl-].[Cl-].[Cl-].[Cl-].[Cl-].c1ccc2c(C[NH2+]CC[NH2+]CC[NH2+]CC[NH2+]CC[NH2+]Cc3cccc4ccccc34)cccc2c1. The van der Waals surface area contributed by atoms with E-state index < -0.39 is 0 Å². The molecule has 5 nitrogen and oxygen atoms in total. The molecule has 0 bridgehead atoms. The largest absolute Gasteiger partial charge is 1.00 e. The minimum atomic E-state index is 0. The van der Waals surface area contributed by atoms with Crippen LogP contribution in [0.2, 0.25) is 0 Å². The molecule has 0 aliphatic carbocycles. The second-order valence-corrected chi connectivity index (χ2v) is 9.44. The lowest BCUT2D eigenvalue weighted by Gasteiger charge is -2.06. The quantitative estimate of drug-likeness (QED) is 0.0747. The number of hydrogen-bond donors (Lipinski definition) is 5. The first-order valence-electron chi connectivity index (χ1n) is 13.4. The van der Waals surface area contributed by atoms with E-state index in [-0.39, 0.29) is 62.0 Å². The fraction of sp³-hybridized carbons (Fsp3) is 0.333. The zero-order valence-electron chi connectivity index (χ0n) is 22.9. The maximum atomic E-state index is 2.46. The zero-order chi connectivity index (χ0) is 24.0. The van der Waals surface area contributed by atoms with Gasteiger partial charge in [-0.2, -0.15) is 0 Å². The molecule has 0 aliphatic heterocycles. The van der Waals surface area contributed by atoms with Crippen LogP contribution in [-0.2, 0) is 13.1 Å². The molecule has 0 aromatic heterocycles. The summed E-state index contributed by atoms with van der Waals surface area (Å²) in [5.41, 5.74) is 2.89. The molecule has 0 heterocycles. The summed E-state index contributed by atoms with van der Waals surface area (Å²) in [6.45, 7) is 11.7. The van der Waals surface area contributed by atoms with Gasteiger partial charge in [0.2, 0.25) is 0 Å². The summed E-state index contributed by atoms with van der Waals surface area (Å²) >= 11 is 0. The summed E-state index contributed by atoms with van der Waals surface area (Å²) in [6.07, 6.45) is 0. The Morgan fingerprint density at radius 3 is 1.00 bits per heavy atom. The van der Waals surface area contributed by atoms with Gasteiger partial charge in [0.15, 0.2) is 0 Å². The summed E-state index contributed by atoms with van der Waals surface area (Å²) in [6, 6.07) is 30.7. The second-order valence-electron chi connectivity index (χ2n) is 9.44. The maximum absolute atomic E-state index is 2.46. The van der Waals surface area contributed by atoms with E-state index in [1.54, 1.807) is 0 Å². The Morgan fingerprint density at radius 1 is 0.325 bits per heavy atom. The highest BCUT2D eigenvalue weighted by Gasteiger charge is 2.04. The van der Waals surface area contributed by atoms with Crippen molar-refractivity contribution >= 4 is 21.5 Å². The molecule has 0 radical (unpaired) electrons. The van der Waals surface area contributed by atoms with E-state index in [1.165, 1.54) is 85.0 Å². The van der Waals surface area contributed by atoms with Crippen LogP contribution in [0.5, 0.6) is 0 Å². The van der Waals surface area contributed by atoms with Gasteiger partial charge in [-0.3, -0.25) is 0 Å². The molecule has 0 saturated heterocycles. The predicted molar refractivity (Wildman–Crippen MR) is 144 cm³/mol. The lowest BCUT2D eigenvalue weighted by molar-refractivity contribution is -0.772. The van der Waals surface area contributed by atoms with E-state index in [1.807, 2.05) is 0 Å². The van der Waals surface area contributed by atoms with Gasteiger partial charge in [-0.1, -0.05) is 84.9 Å². The van der Waals surface area contributed by atoms with Crippen LogP contribution in [0.3, 0.4) is 0 Å². The fourth-order valence-corrected chi connectivity index (χ4v) is 4.83. The van der Waals surface area contributed by atoms with Crippen LogP contribution in [0, 0.1) is 0 Å². The molecular formula is C30H44Cl5N5. The Morgan fingerprint density at radius 2 is 0.625 bits per heavy atom. The topological polar surface area (TPSA) is 83.0 Å². The molecule has 40 heavy (non-hydrogen) atoms. The van der Waals surface area contributed by atoms with E-state index >= 15 is 0 Å². The highest BCUT2D eigenvalue weighted by Crippen LogP contribution is 2.18. The number of halogens is 5. The standard InChI is InChI=1S/C30H39N5.5ClH/c1-3-13-29-25(7-1)9-5-11-27(29)23-34-21-19-32-17-15-31-16-18-33-20-22-35-24-28-12-6-10-26-8-2-4-14-30(26)28;;;;;/h1-14,31-35H,15-24H2;5*1H. The average molecular weight is 652 g/mol. The molecule has 0 fully saturated rings. The normalized spacial score (nSPS) is 10.0. The third kappa shape index (κ3) is 13.5. The third-order valence-corrected chi connectivity index (χ3v) is 6.79. The number of quaternary nitrogens is 5. The molecule has 224 valence electrons. The molecule has 0 amide bonds. The van der Waals surface area contributed by atoms with Crippen LogP contribution in [0.4, 0.5) is 0 Å². The number of hydrogen-bond acceptors (Lipinski definition) is 0. The minimum absolute atomic E-state index is 0. The van der Waals surface area contributed by atoms with Crippen molar-refractivity contribution in [2.24, 2.45) is 0 Å². The first-order chi connectivity index (χ1) is 17.4. The van der Waals surface area contributed by atoms with Crippen molar-refractivity contribution in [2.75, 3.05) is 52.4 Å². The molecular weight excluding hydrogens is 608 g/mol. The summed E-state index contributed by atoms with van der Waals surface area (Å²) in [4.78, 5) is 0. The lowest BCUT2D eigenvalue weighted by atomic mass is 10.0. The van der Waals surface area contributed by atoms with Crippen molar-refractivity contribution in [3.8, 4) is 0 Å². The van der Waals surface area contributed by atoms with Crippen LogP contribution < -0.4 is 88.6 Å². The smallest absolute Gasteiger partial charge is 0.125 e. The van der Waals surface area contributed by atoms with Gasteiger partial charge in [0.1, 0.15) is 65.4 Å². The maximum Gasteiger partial charge on any atom is 0.125 e. The highest BCUT2D eigenvalue weighted by atomic mass is 35.5. The molecule has 0 saturated carbocycles. The summed E-state index contributed by atoms with van der Waals surface area (Å²) in [5, 5.41) is 17.7. The molecule has 0 aliphatic rings. The molecule has 0 atom stereocenters. The van der Waals surface area contributed by atoms with Crippen LogP contribution in [0.25, 0.3) is 21.5 Å². The van der Waals surface area contributed by atoms with Gasteiger partial charge in [0.05, 0.1) is 0 Å². The minimum Gasteiger partial charge on any atom is -1.00 e. The number of fused-ring (bicyclic) bond motifs is 2. The average Bonchev–Trinajstić information content (AvgIpc) is 2.91. The predicted octanol–water partition coefficient (Wildman–Crippen LogP) is -16.5. The van der Waals surface area contributed by atoms with Crippen LogP contribution in [0.1, 0.15) is 11.1 Å². The van der Waals surface area contributed by atoms with Crippen molar-refractivity contribution in [1.82, 2.24) is 0 Å². The molecule has 4 rings (SSSR count). The first-order valence-corrected chi connectivity index (χ1v) is 13.4. The first kappa shape index (κ1) is 40.8. The van der Waals surface area contributed by atoms with Gasteiger partial charge in [0.25, 0.3) is 0 Å². The van der Waals surface area contributed by atoms with Crippen molar-refractivity contribution in [1.29, 1.82) is 0 Å². The molecule has 10 heteroatoms. The fourth-order valence-electron chi connectivity index (χ4n) is 4.83. The summed E-state index contributed by atoms with van der Waals surface area (Å²) in [7, 11) is 0. The molecule has 0 spiro atoms. The number of benzene rings is 4. The van der Waals surface area contributed by atoms with Crippen LogP contribution >= 0.6 is 0 Å². The van der Waals surface area contributed by atoms with Crippen LogP contribution in [0.15, 0.2) is 84.9 Å². The Labute approximate surface area is 270 Å². The summed E-state index contributed by atoms with van der Waals surface area (Å²) < 4.78 is 0. The van der Waals surface area contributed by atoms with E-state index in [0.29, 0.717) is 0 Å². The van der Waals surface area contributed by atoms with Crippen molar-refractivity contribution in [2.45, 2.75) is 13.1 Å². The Bertz CT molecular complexity index is 1080. The van der Waals surface area contributed by atoms with Gasteiger partial charge < -0.3 is 88.6 Å². The van der Waals surface area contributed by atoms with E-state index in [4.69, 9.17) is 0 Å². The number of rotatable bonds is 16. The third-order valence-electron chi connectivity index (χ3n) is 6.79.